The van der Waals surface area contributed by atoms with E-state index in [1.54, 1.807) is 55.5 Å². The third-order valence-electron chi connectivity index (χ3n) is 3.95. The normalized spacial score (nSPS) is 15.1. The minimum Gasteiger partial charge on any atom is -0.462 e. The summed E-state index contributed by atoms with van der Waals surface area (Å²) >= 11 is 12.7. The SMILES string of the molecule is CCOC(=O)c1ccc(NCN2C(=O)SC(=Cc3ccc(Cl)c(Cl)c3)C2=O)cc1. The second kappa shape index (κ2) is 9.35. The first-order chi connectivity index (χ1) is 13.9. The summed E-state index contributed by atoms with van der Waals surface area (Å²) < 4.78 is 4.93. The Hall–Kier alpha value is -2.48. The first-order valence-electron chi connectivity index (χ1n) is 8.60. The maximum absolute atomic E-state index is 12.6. The molecule has 0 atom stereocenters. The van der Waals surface area contributed by atoms with Crippen molar-refractivity contribution in [2.45, 2.75) is 6.92 Å². The van der Waals surface area contributed by atoms with E-state index in [0.717, 1.165) is 16.7 Å². The minimum absolute atomic E-state index is 0.00212. The van der Waals surface area contributed by atoms with Crippen molar-refractivity contribution in [2.24, 2.45) is 0 Å². The van der Waals surface area contributed by atoms with Crippen LogP contribution in [-0.2, 0) is 9.53 Å². The molecule has 1 heterocycles. The van der Waals surface area contributed by atoms with Crippen LogP contribution in [0.1, 0.15) is 22.8 Å². The van der Waals surface area contributed by atoms with Gasteiger partial charge >= 0.3 is 5.97 Å². The van der Waals surface area contributed by atoms with Crippen LogP contribution in [0.2, 0.25) is 10.0 Å². The maximum atomic E-state index is 12.6. The van der Waals surface area contributed by atoms with Crippen LogP contribution in [0.3, 0.4) is 0 Å². The van der Waals surface area contributed by atoms with E-state index in [2.05, 4.69) is 5.32 Å². The molecule has 2 amide bonds. The number of hydrogen-bond donors (Lipinski definition) is 1. The number of thioether (sulfide) groups is 1. The first-order valence-corrected chi connectivity index (χ1v) is 10.2. The molecule has 2 aromatic carbocycles. The maximum Gasteiger partial charge on any atom is 0.338 e. The largest absolute Gasteiger partial charge is 0.462 e. The molecule has 2 aromatic rings. The number of benzene rings is 2. The van der Waals surface area contributed by atoms with Gasteiger partial charge in [-0.2, -0.15) is 0 Å². The summed E-state index contributed by atoms with van der Waals surface area (Å²) in [5, 5.41) is 3.40. The van der Waals surface area contributed by atoms with Crippen molar-refractivity contribution in [1.82, 2.24) is 4.90 Å². The molecule has 150 valence electrons. The fraction of sp³-hybridized carbons (Fsp3) is 0.150. The Balaban J connectivity index is 1.65. The Labute approximate surface area is 181 Å². The number of nitrogens with zero attached hydrogens (tertiary/aromatic N) is 1. The van der Waals surface area contributed by atoms with Crippen molar-refractivity contribution in [1.29, 1.82) is 0 Å². The highest BCUT2D eigenvalue weighted by Crippen LogP contribution is 2.33. The molecule has 1 fully saturated rings. The predicted molar refractivity (Wildman–Crippen MR) is 115 cm³/mol. The van der Waals surface area contributed by atoms with Crippen LogP contribution < -0.4 is 5.32 Å². The third-order valence-corrected chi connectivity index (χ3v) is 5.60. The van der Waals surface area contributed by atoms with Crippen LogP contribution in [0.5, 0.6) is 0 Å². The standard InChI is InChI=1S/C20H16Cl2N2O4S/c1-2-28-19(26)13-4-6-14(7-5-13)23-11-24-18(25)17(29-20(24)27)10-12-3-8-15(21)16(22)9-12/h3-10,23H,2,11H2,1H3. The lowest BCUT2D eigenvalue weighted by Crippen LogP contribution is -2.33. The minimum atomic E-state index is -0.405. The summed E-state index contributed by atoms with van der Waals surface area (Å²) in [5.41, 5.74) is 1.76. The number of imide groups is 1. The lowest BCUT2D eigenvalue weighted by Gasteiger charge is -2.14. The van der Waals surface area contributed by atoms with Crippen LogP contribution in [-0.4, -0.2) is 35.3 Å². The van der Waals surface area contributed by atoms with Gasteiger partial charge in [0, 0.05) is 5.69 Å². The number of esters is 1. The number of ether oxygens (including phenoxy) is 1. The summed E-state index contributed by atoms with van der Waals surface area (Å²) in [6.07, 6.45) is 1.60. The molecular formula is C20H16Cl2N2O4S. The first kappa shape index (κ1) is 21.2. The summed E-state index contributed by atoms with van der Waals surface area (Å²) in [6.45, 7) is 2.04. The number of carbonyl (C=O) groups is 3. The number of carbonyl (C=O) groups excluding carboxylic acids is 3. The molecular weight excluding hydrogens is 435 g/mol. The molecule has 9 heteroatoms. The molecule has 0 saturated carbocycles. The van der Waals surface area contributed by atoms with Crippen LogP contribution in [0.25, 0.3) is 6.08 Å². The van der Waals surface area contributed by atoms with Crippen LogP contribution >= 0.6 is 35.0 Å². The predicted octanol–water partition coefficient (Wildman–Crippen LogP) is 5.28. The lowest BCUT2D eigenvalue weighted by atomic mass is 10.2. The van der Waals surface area contributed by atoms with E-state index in [-0.39, 0.29) is 11.9 Å². The van der Waals surface area contributed by atoms with Gasteiger partial charge in [0.05, 0.1) is 33.8 Å². The highest BCUT2D eigenvalue weighted by atomic mass is 35.5. The molecule has 0 bridgehead atoms. The second-order valence-corrected chi connectivity index (χ2v) is 7.72. The lowest BCUT2D eigenvalue weighted by molar-refractivity contribution is -0.122. The van der Waals surface area contributed by atoms with Crippen molar-refractivity contribution in [3.63, 3.8) is 0 Å². The third kappa shape index (κ3) is 5.12. The van der Waals surface area contributed by atoms with Gasteiger partial charge in [-0.15, -0.1) is 0 Å². The van der Waals surface area contributed by atoms with E-state index >= 15 is 0 Å². The molecule has 1 saturated heterocycles. The van der Waals surface area contributed by atoms with E-state index in [9.17, 15) is 14.4 Å². The van der Waals surface area contributed by atoms with Crippen LogP contribution in [0.4, 0.5) is 10.5 Å². The monoisotopic (exact) mass is 450 g/mol. The van der Waals surface area contributed by atoms with Gasteiger partial charge in [0.25, 0.3) is 11.1 Å². The van der Waals surface area contributed by atoms with Crippen molar-refractivity contribution >= 4 is 63.8 Å². The van der Waals surface area contributed by atoms with Gasteiger partial charge in [-0.25, -0.2) is 4.79 Å². The summed E-state index contributed by atoms with van der Waals surface area (Å²) in [4.78, 5) is 37.9. The van der Waals surface area contributed by atoms with E-state index < -0.39 is 11.9 Å². The van der Waals surface area contributed by atoms with Crippen molar-refractivity contribution in [3.05, 3.63) is 68.5 Å². The molecule has 29 heavy (non-hydrogen) atoms. The quantitative estimate of drug-likeness (QED) is 0.476. The zero-order valence-corrected chi connectivity index (χ0v) is 17.6. The molecule has 1 aliphatic rings. The van der Waals surface area contributed by atoms with Gasteiger partial charge in [0.15, 0.2) is 0 Å². The van der Waals surface area contributed by atoms with Crippen LogP contribution in [0.15, 0.2) is 47.4 Å². The summed E-state index contributed by atoms with van der Waals surface area (Å²) in [7, 11) is 0. The van der Waals surface area contributed by atoms with Gasteiger partial charge in [0.1, 0.15) is 0 Å². The Morgan fingerprint density at radius 3 is 2.52 bits per heavy atom. The Kier molecular flexibility index (Phi) is 6.84. The molecule has 0 spiro atoms. The Morgan fingerprint density at radius 2 is 1.86 bits per heavy atom. The number of amides is 2. The second-order valence-electron chi connectivity index (χ2n) is 5.92. The van der Waals surface area contributed by atoms with Gasteiger partial charge in [0.2, 0.25) is 0 Å². The molecule has 0 aromatic heterocycles. The highest BCUT2D eigenvalue weighted by molar-refractivity contribution is 8.18. The van der Waals surface area contributed by atoms with Gasteiger partial charge in [-0.1, -0.05) is 29.3 Å². The van der Waals surface area contributed by atoms with E-state index in [0.29, 0.717) is 38.4 Å². The van der Waals surface area contributed by atoms with Crippen molar-refractivity contribution in [3.8, 4) is 0 Å². The van der Waals surface area contributed by atoms with Crippen molar-refractivity contribution in [2.75, 3.05) is 18.6 Å². The van der Waals surface area contributed by atoms with Gasteiger partial charge in [-0.3, -0.25) is 14.5 Å². The Morgan fingerprint density at radius 1 is 1.14 bits per heavy atom. The fourth-order valence-corrected chi connectivity index (χ4v) is 3.64. The average Bonchev–Trinajstić information content (AvgIpc) is 2.96. The van der Waals surface area contributed by atoms with E-state index in [4.69, 9.17) is 27.9 Å². The zero-order valence-electron chi connectivity index (χ0n) is 15.3. The molecule has 1 N–H and O–H groups in total. The Bertz CT molecular complexity index is 992. The van der Waals surface area contributed by atoms with Gasteiger partial charge < -0.3 is 10.1 Å². The number of rotatable bonds is 6. The summed E-state index contributed by atoms with van der Waals surface area (Å²) in [5.74, 6) is -0.806. The average molecular weight is 451 g/mol. The highest BCUT2D eigenvalue weighted by Gasteiger charge is 2.34. The van der Waals surface area contributed by atoms with E-state index in [1.807, 2.05) is 0 Å². The fourth-order valence-electron chi connectivity index (χ4n) is 2.50. The molecule has 0 radical (unpaired) electrons. The molecule has 6 nitrogen and oxygen atoms in total. The van der Waals surface area contributed by atoms with Crippen molar-refractivity contribution < 1.29 is 19.1 Å². The molecule has 3 rings (SSSR count). The summed E-state index contributed by atoms with van der Waals surface area (Å²) in [6, 6.07) is 11.5. The number of hydrogen-bond acceptors (Lipinski definition) is 6. The van der Waals surface area contributed by atoms with Crippen LogP contribution in [0, 0.1) is 0 Å². The number of anilines is 1. The number of nitrogens with one attached hydrogen (secondary N) is 1. The smallest absolute Gasteiger partial charge is 0.338 e. The van der Waals surface area contributed by atoms with E-state index in [1.165, 1.54) is 0 Å². The number of halogens is 2. The zero-order chi connectivity index (χ0) is 21.0. The topological polar surface area (TPSA) is 75.7 Å². The van der Waals surface area contributed by atoms with Gasteiger partial charge in [-0.05, 0) is 66.7 Å². The molecule has 0 aliphatic carbocycles. The molecule has 1 aliphatic heterocycles. The molecule has 0 unspecified atom stereocenters.